The van der Waals surface area contributed by atoms with Crippen LogP contribution in [0.3, 0.4) is 0 Å². The number of likely N-dealkylation sites (tertiary alicyclic amines) is 2. The summed E-state index contributed by atoms with van der Waals surface area (Å²) in [4.78, 5) is 30.5. The Morgan fingerprint density at radius 1 is 1.19 bits per heavy atom. The molecule has 2 fully saturated rings. The molecule has 0 unspecified atom stereocenters. The normalized spacial score (nSPS) is 20.6. The van der Waals surface area contributed by atoms with Gasteiger partial charge in [-0.1, -0.05) is 0 Å². The topological polar surface area (TPSA) is 43.9 Å². The van der Waals surface area contributed by atoms with Crippen LogP contribution in [0.4, 0.5) is 8.78 Å². The summed E-state index contributed by atoms with van der Waals surface area (Å²) in [7, 11) is 3.77. The maximum atomic E-state index is 13.4. The lowest BCUT2D eigenvalue weighted by molar-refractivity contribution is -0.137. The minimum atomic E-state index is -0.631. The average molecular weight is 379 g/mol. The van der Waals surface area contributed by atoms with Gasteiger partial charge in [0, 0.05) is 44.1 Å². The highest BCUT2D eigenvalue weighted by molar-refractivity contribution is 5.82. The molecule has 1 atom stereocenters. The van der Waals surface area contributed by atoms with Gasteiger partial charge in [-0.3, -0.25) is 14.5 Å². The van der Waals surface area contributed by atoms with E-state index in [1.807, 2.05) is 30.8 Å². The Bertz CT molecular complexity index is 710. The number of carbonyl (C=O) groups is 2. The van der Waals surface area contributed by atoms with Crippen molar-refractivity contribution in [3.63, 3.8) is 0 Å². The first-order valence-corrected chi connectivity index (χ1v) is 9.37. The Balaban J connectivity index is 1.61. The highest BCUT2D eigenvalue weighted by Gasteiger charge is 2.45. The molecule has 2 aliphatic heterocycles. The third kappa shape index (κ3) is 4.29. The van der Waals surface area contributed by atoms with E-state index in [-0.39, 0.29) is 29.8 Å². The van der Waals surface area contributed by atoms with Crippen LogP contribution in [0.15, 0.2) is 18.2 Å². The third-order valence-electron chi connectivity index (χ3n) is 5.97. The van der Waals surface area contributed by atoms with E-state index < -0.39 is 11.6 Å². The molecule has 1 spiro atoms. The summed E-state index contributed by atoms with van der Waals surface area (Å²) < 4.78 is 26.8. The second kappa shape index (κ2) is 7.54. The van der Waals surface area contributed by atoms with Crippen molar-refractivity contribution in [1.82, 2.24) is 14.7 Å². The summed E-state index contributed by atoms with van der Waals surface area (Å²) in [5.41, 5.74) is 0.325. The molecule has 2 saturated heterocycles. The van der Waals surface area contributed by atoms with E-state index in [9.17, 15) is 18.4 Å². The number of hydrogen-bond donors (Lipinski definition) is 0. The van der Waals surface area contributed by atoms with Gasteiger partial charge in [0.2, 0.25) is 11.8 Å². The van der Waals surface area contributed by atoms with E-state index in [0.717, 1.165) is 18.9 Å². The van der Waals surface area contributed by atoms with Gasteiger partial charge in [0.15, 0.2) is 0 Å². The van der Waals surface area contributed by atoms with Crippen molar-refractivity contribution >= 4 is 11.8 Å². The molecule has 148 valence electrons. The number of halogens is 2. The first kappa shape index (κ1) is 19.7. The summed E-state index contributed by atoms with van der Waals surface area (Å²) in [6, 6.07) is 3.21. The predicted octanol–water partition coefficient (Wildman–Crippen LogP) is 2.26. The predicted molar refractivity (Wildman–Crippen MR) is 97.8 cm³/mol. The Hall–Kier alpha value is -2.02. The van der Waals surface area contributed by atoms with E-state index in [4.69, 9.17) is 0 Å². The summed E-state index contributed by atoms with van der Waals surface area (Å²) in [6.45, 7) is 3.98. The van der Waals surface area contributed by atoms with Gasteiger partial charge < -0.3 is 9.80 Å². The van der Waals surface area contributed by atoms with Crippen LogP contribution in [0, 0.1) is 17.0 Å². The van der Waals surface area contributed by atoms with E-state index in [0.29, 0.717) is 31.6 Å². The highest BCUT2D eigenvalue weighted by Crippen LogP contribution is 2.41. The largest absolute Gasteiger partial charge is 0.341 e. The summed E-state index contributed by atoms with van der Waals surface area (Å²) >= 11 is 0. The standard InChI is InChI=1S/C20H27F2N3O2/c1-14(23(2)3)19(27)24-6-4-20(5-7-24)11-18(26)25(13-20)12-15-8-16(21)10-17(22)9-15/h8-10,14H,4-7,11-13H2,1-3H3/t14-/m1/s1. The average Bonchev–Trinajstić information content (AvgIpc) is 2.88. The molecular weight excluding hydrogens is 352 g/mol. The van der Waals surface area contributed by atoms with Gasteiger partial charge >= 0.3 is 0 Å². The molecule has 1 aromatic rings. The summed E-state index contributed by atoms with van der Waals surface area (Å²) in [5.74, 6) is -1.13. The SMILES string of the molecule is C[C@H](C(=O)N1CCC2(CC1)CC(=O)N(Cc1cc(F)cc(F)c1)C2)N(C)C. The minimum Gasteiger partial charge on any atom is -0.341 e. The van der Waals surface area contributed by atoms with E-state index >= 15 is 0 Å². The molecule has 2 amide bonds. The Morgan fingerprint density at radius 2 is 1.78 bits per heavy atom. The monoisotopic (exact) mass is 379 g/mol. The van der Waals surface area contributed by atoms with Crippen LogP contribution in [0.2, 0.25) is 0 Å². The summed E-state index contributed by atoms with van der Waals surface area (Å²) in [5, 5.41) is 0. The van der Waals surface area contributed by atoms with Crippen molar-refractivity contribution in [2.24, 2.45) is 5.41 Å². The van der Waals surface area contributed by atoms with Crippen LogP contribution in [0.1, 0.15) is 31.7 Å². The van der Waals surface area contributed by atoms with Crippen LogP contribution >= 0.6 is 0 Å². The molecule has 2 heterocycles. The molecular formula is C20H27F2N3O2. The Kier molecular flexibility index (Phi) is 5.51. The van der Waals surface area contributed by atoms with E-state index in [1.165, 1.54) is 12.1 Å². The van der Waals surface area contributed by atoms with Crippen LogP contribution < -0.4 is 0 Å². The number of rotatable bonds is 4. The van der Waals surface area contributed by atoms with E-state index in [1.54, 1.807) is 4.90 Å². The number of amides is 2. The van der Waals surface area contributed by atoms with Crippen molar-refractivity contribution in [3.8, 4) is 0 Å². The number of carbonyl (C=O) groups excluding carboxylic acids is 2. The number of hydrogen-bond acceptors (Lipinski definition) is 3. The summed E-state index contributed by atoms with van der Waals surface area (Å²) in [6.07, 6.45) is 1.99. The first-order chi connectivity index (χ1) is 12.7. The molecule has 0 N–H and O–H groups in total. The highest BCUT2D eigenvalue weighted by atomic mass is 19.1. The van der Waals surface area contributed by atoms with Crippen molar-refractivity contribution in [2.45, 2.75) is 38.8 Å². The third-order valence-corrected chi connectivity index (χ3v) is 5.97. The lowest BCUT2D eigenvalue weighted by Gasteiger charge is -2.40. The zero-order chi connectivity index (χ0) is 19.8. The molecule has 27 heavy (non-hydrogen) atoms. The molecule has 0 aliphatic carbocycles. The van der Waals surface area contributed by atoms with Gasteiger partial charge in [-0.15, -0.1) is 0 Å². The number of nitrogens with zero attached hydrogens (tertiary/aromatic N) is 3. The maximum Gasteiger partial charge on any atom is 0.239 e. The lowest BCUT2D eigenvalue weighted by atomic mass is 9.77. The molecule has 0 saturated carbocycles. The van der Waals surface area contributed by atoms with Crippen molar-refractivity contribution in [2.75, 3.05) is 33.7 Å². The molecule has 0 radical (unpaired) electrons. The fourth-order valence-electron chi connectivity index (χ4n) is 4.07. The van der Waals surface area contributed by atoms with E-state index in [2.05, 4.69) is 0 Å². The van der Waals surface area contributed by atoms with Crippen molar-refractivity contribution in [3.05, 3.63) is 35.4 Å². The molecule has 0 bridgehead atoms. The van der Waals surface area contributed by atoms with Gasteiger partial charge in [0.25, 0.3) is 0 Å². The number of likely N-dealkylation sites (N-methyl/N-ethyl adjacent to an activating group) is 1. The van der Waals surface area contributed by atoms with Crippen LogP contribution in [0.5, 0.6) is 0 Å². The second-order valence-electron chi connectivity index (χ2n) is 8.17. The molecule has 0 aromatic heterocycles. The Labute approximate surface area is 158 Å². The fraction of sp³-hybridized carbons (Fsp3) is 0.600. The number of benzene rings is 1. The molecule has 7 heteroatoms. The smallest absolute Gasteiger partial charge is 0.239 e. The maximum absolute atomic E-state index is 13.4. The Morgan fingerprint density at radius 3 is 2.33 bits per heavy atom. The van der Waals surface area contributed by atoms with Gasteiger partial charge in [0.05, 0.1) is 6.04 Å². The first-order valence-electron chi connectivity index (χ1n) is 9.37. The van der Waals surface area contributed by atoms with Crippen LogP contribution in [-0.4, -0.2) is 66.3 Å². The second-order valence-corrected chi connectivity index (χ2v) is 8.17. The van der Waals surface area contributed by atoms with Crippen LogP contribution in [-0.2, 0) is 16.1 Å². The minimum absolute atomic E-state index is 0.0149. The van der Waals surface area contributed by atoms with Crippen molar-refractivity contribution < 1.29 is 18.4 Å². The lowest BCUT2D eigenvalue weighted by Crippen LogP contribution is -2.50. The van der Waals surface area contributed by atoms with Gasteiger partial charge in [-0.2, -0.15) is 0 Å². The quantitative estimate of drug-likeness (QED) is 0.806. The van der Waals surface area contributed by atoms with Gasteiger partial charge in [-0.05, 0) is 51.6 Å². The molecule has 5 nitrogen and oxygen atoms in total. The van der Waals surface area contributed by atoms with Gasteiger partial charge in [0.1, 0.15) is 11.6 Å². The fourth-order valence-corrected chi connectivity index (χ4v) is 4.07. The molecule has 2 aliphatic rings. The molecule has 1 aromatic carbocycles. The number of piperidine rings is 1. The zero-order valence-corrected chi connectivity index (χ0v) is 16.2. The molecule has 3 rings (SSSR count). The van der Waals surface area contributed by atoms with Gasteiger partial charge in [-0.25, -0.2) is 8.78 Å². The van der Waals surface area contributed by atoms with Crippen LogP contribution in [0.25, 0.3) is 0 Å². The zero-order valence-electron chi connectivity index (χ0n) is 16.2. The van der Waals surface area contributed by atoms with Crippen molar-refractivity contribution in [1.29, 1.82) is 0 Å².